The zero-order valence-corrected chi connectivity index (χ0v) is 13.1. The number of benzene rings is 1. The number of sulfone groups is 1. The number of hydrogen-bond acceptors (Lipinski definition) is 3. The lowest BCUT2D eigenvalue weighted by Gasteiger charge is -2.25. The van der Waals surface area contributed by atoms with Crippen molar-refractivity contribution < 1.29 is 8.42 Å². The maximum absolute atomic E-state index is 11.6. The zero-order valence-electron chi connectivity index (χ0n) is 10.7. The standard InChI is InChI=1S/C13H18BrNO2S/c1-9-6-10(2)13(12(14)7-9)15-11-4-3-5-18(16,17)8-11/h6-7,11,15H,3-5,8H2,1-2H3. The van der Waals surface area contributed by atoms with Crippen LogP contribution in [0.25, 0.3) is 0 Å². The molecule has 1 unspecified atom stereocenters. The molecule has 1 atom stereocenters. The lowest BCUT2D eigenvalue weighted by Crippen LogP contribution is -2.35. The molecule has 1 fully saturated rings. The van der Waals surface area contributed by atoms with Gasteiger partial charge in [-0.15, -0.1) is 0 Å². The van der Waals surface area contributed by atoms with E-state index in [1.165, 1.54) is 5.56 Å². The average Bonchev–Trinajstić information content (AvgIpc) is 2.22. The first kappa shape index (κ1) is 13.9. The molecule has 1 aliphatic rings. The molecule has 1 saturated heterocycles. The summed E-state index contributed by atoms with van der Waals surface area (Å²) < 4.78 is 24.2. The van der Waals surface area contributed by atoms with Gasteiger partial charge in [0.25, 0.3) is 0 Å². The molecular weight excluding hydrogens is 314 g/mol. The van der Waals surface area contributed by atoms with Crippen LogP contribution in [0.15, 0.2) is 16.6 Å². The van der Waals surface area contributed by atoms with Crippen molar-refractivity contribution in [1.82, 2.24) is 0 Å². The Hall–Kier alpha value is -0.550. The highest BCUT2D eigenvalue weighted by Crippen LogP contribution is 2.29. The third kappa shape index (κ3) is 3.26. The Bertz CT molecular complexity index is 531. The van der Waals surface area contributed by atoms with Crippen LogP contribution >= 0.6 is 15.9 Å². The smallest absolute Gasteiger partial charge is 0.152 e. The molecule has 0 aromatic heterocycles. The van der Waals surface area contributed by atoms with Gasteiger partial charge < -0.3 is 5.32 Å². The summed E-state index contributed by atoms with van der Waals surface area (Å²) in [4.78, 5) is 0. The second kappa shape index (κ2) is 5.21. The van der Waals surface area contributed by atoms with E-state index in [2.05, 4.69) is 27.3 Å². The maximum Gasteiger partial charge on any atom is 0.152 e. The fourth-order valence-corrected chi connectivity index (χ4v) is 4.86. The van der Waals surface area contributed by atoms with Crippen LogP contribution in [0.1, 0.15) is 24.0 Å². The zero-order chi connectivity index (χ0) is 13.3. The summed E-state index contributed by atoms with van der Waals surface area (Å²) in [6, 6.07) is 4.18. The molecule has 5 heteroatoms. The van der Waals surface area contributed by atoms with E-state index in [0.717, 1.165) is 28.6 Å². The van der Waals surface area contributed by atoms with Crippen molar-refractivity contribution >= 4 is 31.5 Å². The van der Waals surface area contributed by atoms with Gasteiger partial charge in [-0.1, -0.05) is 6.07 Å². The molecule has 1 aliphatic heterocycles. The minimum atomic E-state index is -2.86. The van der Waals surface area contributed by atoms with Gasteiger partial charge in [0.2, 0.25) is 0 Å². The van der Waals surface area contributed by atoms with Gasteiger partial charge in [0.1, 0.15) is 0 Å². The Labute approximate surface area is 117 Å². The Morgan fingerprint density at radius 1 is 1.33 bits per heavy atom. The minimum Gasteiger partial charge on any atom is -0.380 e. The molecular formula is C13H18BrNO2S. The van der Waals surface area contributed by atoms with E-state index < -0.39 is 9.84 Å². The molecule has 2 rings (SSSR count). The molecule has 1 aromatic rings. The van der Waals surface area contributed by atoms with Crippen LogP contribution in [0, 0.1) is 13.8 Å². The van der Waals surface area contributed by atoms with E-state index in [0.29, 0.717) is 5.75 Å². The van der Waals surface area contributed by atoms with Crippen molar-refractivity contribution in [1.29, 1.82) is 0 Å². The lowest BCUT2D eigenvalue weighted by atomic mass is 10.1. The number of anilines is 1. The number of aryl methyl sites for hydroxylation is 2. The number of nitrogens with one attached hydrogen (secondary N) is 1. The van der Waals surface area contributed by atoms with Crippen LogP contribution in [-0.2, 0) is 9.84 Å². The molecule has 0 saturated carbocycles. The molecule has 100 valence electrons. The van der Waals surface area contributed by atoms with Gasteiger partial charge in [-0.05, 0) is 59.8 Å². The summed E-state index contributed by atoms with van der Waals surface area (Å²) in [5, 5.41) is 3.37. The topological polar surface area (TPSA) is 46.2 Å². The lowest BCUT2D eigenvalue weighted by molar-refractivity contribution is 0.562. The van der Waals surface area contributed by atoms with Crippen LogP contribution in [0.5, 0.6) is 0 Å². The van der Waals surface area contributed by atoms with E-state index in [-0.39, 0.29) is 11.8 Å². The van der Waals surface area contributed by atoms with Gasteiger partial charge in [0.05, 0.1) is 17.2 Å². The highest BCUT2D eigenvalue weighted by molar-refractivity contribution is 9.10. The van der Waals surface area contributed by atoms with E-state index in [1.807, 2.05) is 19.9 Å². The molecule has 0 bridgehead atoms. The van der Waals surface area contributed by atoms with E-state index in [1.54, 1.807) is 0 Å². The highest BCUT2D eigenvalue weighted by Gasteiger charge is 2.25. The Morgan fingerprint density at radius 2 is 2.06 bits per heavy atom. The molecule has 3 nitrogen and oxygen atoms in total. The molecule has 18 heavy (non-hydrogen) atoms. The molecule has 0 amide bonds. The quantitative estimate of drug-likeness (QED) is 0.905. The summed E-state index contributed by atoms with van der Waals surface area (Å²) in [6.07, 6.45) is 1.67. The summed E-state index contributed by atoms with van der Waals surface area (Å²) >= 11 is 3.54. The van der Waals surface area contributed by atoms with Crippen molar-refractivity contribution in [2.24, 2.45) is 0 Å². The monoisotopic (exact) mass is 331 g/mol. The molecule has 1 aromatic carbocycles. The van der Waals surface area contributed by atoms with Crippen LogP contribution in [0.3, 0.4) is 0 Å². The van der Waals surface area contributed by atoms with Crippen molar-refractivity contribution in [2.45, 2.75) is 32.7 Å². The van der Waals surface area contributed by atoms with E-state index in [9.17, 15) is 8.42 Å². The fourth-order valence-electron chi connectivity index (χ4n) is 2.44. The maximum atomic E-state index is 11.6. The van der Waals surface area contributed by atoms with Crippen molar-refractivity contribution in [3.63, 3.8) is 0 Å². The van der Waals surface area contributed by atoms with Crippen molar-refractivity contribution in [3.05, 3.63) is 27.7 Å². The van der Waals surface area contributed by atoms with Crippen LogP contribution < -0.4 is 5.32 Å². The summed E-state index contributed by atoms with van der Waals surface area (Å²) in [5.74, 6) is 0.575. The van der Waals surface area contributed by atoms with Gasteiger partial charge in [-0.2, -0.15) is 0 Å². The first-order valence-corrected chi connectivity index (χ1v) is 8.72. The summed E-state index contributed by atoms with van der Waals surface area (Å²) in [6.45, 7) is 4.09. The van der Waals surface area contributed by atoms with Gasteiger partial charge in [-0.3, -0.25) is 0 Å². The Kier molecular flexibility index (Phi) is 4.02. The molecule has 0 aliphatic carbocycles. The average molecular weight is 332 g/mol. The third-order valence-corrected chi connectivity index (χ3v) is 5.69. The largest absolute Gasteiger partial charge is 0.380 e. The minimum absolute atomic E-state index is 0.0291. The molecule has 0 radical (unpaired) electrons. The van der Waals surface area contributed by atoms with Gasteiger partial charge in [-0.25, -0.2) is 8.42 Å². The second-order valence-corrected chi connectivity index (χ2v) is 8.12. The Morgan fingerprint density at radius 3 is 2.67 bits per heavy atom. The SMILES string of the molecule is Cc1cc(C)c(NC2CCCS(=O)(=O)C2)c(Br)c1. The van der Waals surface area contributed by atoms with Crippen LogP contribution in [0.4, 0.5) is 5.69 Å². The second-order valence-electron chi connectivity index (χ2n) is 5.04. The highest BCUT2D eigenvalue weighted by atomic mass is 79.9. The first-order chi connectivity index (χ1) is 8.37. The number of halogens is 1. The number of hydrogen-bond donors (Lipinski definition) is 1. The summed E-state index contributed by atoms with van der Waals surface area (Å²) in [5.41, 5.74) is 3.36. The summed E-state index contributed by atoms with van der Waals surface area (Å²) in [7, 11) is -2.86. The fraction of sp³-hybridized carbons (Fsp3) is 0.538. The normalized spacial score (nSPS) is 22.7. The Balaban J connectivity index is 2.19. The first-order valence-electron chi connectivity index (χ1n) is 6.11. The van der Waals surface area contributed by atoms with Gasteiger partial charge in [0.15, 0.2) is 9.84 Å². The predicted molar refractivity (Wildman–Crippen MR) is 78.9 cm³/mol. The van der Waals surface area contributed by atoms with Crippen LogP contribution in [-0.4, -0.2) is 26.0 Å². The number of rotatable bonds is 2. The van der Waals surface area contributed by atoms with Crippen molar-refractivity contribution in [3.8, 4) is 0 Å². The van der Waals surface area contributed by atoms with Crippen LogP contribution in [0.2, 0.25) is 0 Å². The van der Waals surface area contributed by atoms with E-state index >= 15 is 0 Å². The third-order valence-electron chi connectivity index (χ3n) is 3.24. The van der Waals surface area contributed by atoms with Gasteiger partial charge >= 0.3 is 0 Å². The van der Waals surface area contributed by atoms with Crippen molar-refractivity contribution in [2.75, 3.05) is 16.8 Å². The van der Waals surface area contributed by atoms with Gasteiger partial charge in [0, 0.05) is 10.5 Å². The predicted octanol–water partition coefficient (Wildman–Crippen LogP) is 3.06. The molecule has 1 heterocycles. The van der Waals surface area contributed by atoms with E-state index in [4.69, 9.17) is 0 Å². The molecule has 1 N–H and O–H groups in total. The molecule has 0 spiro atoms.